The summed E-state index contributed by atoms with van der Waals surface area (Å²) in [5.74, 6) is -1.21. The molecule has 5 nitrogen and oxygen atoms in total. The molecule has 1 aliphatic rings. The highest BCUT2D eigenvalue weighted by Crippen LogP contribution is 2.44. The third kappa shape index (κ3) is 4.16. The SMILES string of the molecule is O=C(N[C@@H](Cc1ccc(Cl)cc1)C(=O)O)OCC1c2ccccc2-c2ccccc21. The Kier molecular flexibility index (Phi) is 5.72. The predicted molar refractivity (Wildman–Crippen MR) is 115 cm³/mol. The molecule has 0 saturated heterocycles. The Bertz CT molecular complexity index is 1040. The average molecular weight is 422 g/mol. The minimum absolute atomic E-state index is 0.0808. The van der Waals surface area contributed by atoms with Crippen molar-refractivity contribution in [3.05, 3.63) is 94.5 Å². The molecule has 0 heterocycles. The zero-order valence-electron chi connectivity index (χ0n) is 16.0. The molecule has 0 aliphatic heterocycles. The van der Waals surface area contributed by atoms with Gasteiger partial charge in [0, 0.05) is 17.4 Å². The van der Waals surface area contributed by atoms with Gasteiger partial charge in [-0.1, -0.05) is 72.3 Å². The van der Waals surface area contributed by atoms with Gasteiger partial charge in [0.05, 0.1) is 0 Å². The quantitative estimate of drug-likeness (QED) is 0.595. The van der Waals surface area contributed by atoms with Gasteiger partial charge < -0.3 is 15.2 Å². The van der Waals surface area contributed by atoms with Crippen molar-refractivity contribution >= 4 is 23.7 Å². The summed E-state index contributed by atoms with van der Waals surface area (Å²) in [6, 6.07) is 21.8. The van der Waals surface area contributed by atoms with E-state index in [0.29, 0.717) is 5.02 Å². The largest absolute Gasteiger partial charge is 0.480 e. The number of carbonyl (C=O) groups excluding carboxylic acids is 1. The van der Waals surface area contributed by atoms with Gasteiger partial charge in [0.1, 0.15) is 12.6 Å². The summed E-state index contributed by atoms with van der Waals surface area (Å²) in [6.45, 7) is 0.132. The molecule has 0 fully saturated rings. The molecule has 2 N–H and O–H groups in total. The maximum Gasteiger partial charge on any atom is 0.407 e. The first-order chi connectivity index (χ1) is 14.5. The molecule has 0 aromatic heterocycles. The van der Waals surface area contributed by atoms with E-state index < -0.39 is 18.1 Å². The summed E-state index contributed by atoms with van der Waals surface area (Å²) >= 11 is 5.86. The second-order valence-electron chi connectivity index (χ2n) is 7.19. The Labute approximate surface area is 179 Å². The van der Waals surface area contributed by atoms with Crippen LogP contribution in [0.2, 0.25) is 5.02 Å². The summed E-state index contributed by atoms with van der Waals surface area (Å²) in [7, 11) is 0. The van der Waals surface area contributed by atoms with Crippen molar-refractivity contribution in [2.24, 2.45) is 0 Å². The van der Waals surface area contributed by atoms with Crippen molar-refractivity contribution in [3.8, 4) is 11.1 Å². The van der Waals surface area contributed by atoms with Crippen LogP contribution in [-0.4, -0.2) is 29.8 Å². The van der Waals surface area contributed by atoms with Crippen molar-refractivity contribution in [3.63, 3.8) is 0 Å². The average Bonchev–Trinajstić information content (AvgIpc) is 3.07. The fraction of sp³-hybridized carbons (Fsp3) is 0.167. The normalized spacial score (nSPS) is 13.2. The van der Waals surface area contributed by atoms with Crippen molar-refractivity contribution < 1.29 is 19.4 Å². The molecule has 0 spiro atoms. The summed E-state index contributed by atoms with van der Waals surface area (Å²) < 4.78 is 5.44. The third-order valence-corrected chi connectivity index (χ3v) is 5.54. The van der Waals surface area contributed by atoms with Crippen LogP contribution in [0.15, 0.2) is 72.8 Å². The second kappa shape index (κ2) is 8.59. The van der Waals surface area contributed by atoms with Crippen molar-refractivity contribution in [2.75, 3.05) is 6.61 Å². The molecule has 6 heteroatoms. The predicted octanol–water partition coefficient (Wildman–Crippen LogP) is 4.87. The monoisotopic (exact) mass is 421 g/mol. The molecule has 0 saturated carbocycles. The molecule has 0 radical (unpaired) electrons. The lowest BCUT2D eigenvalue weighted by atomic mass is 9.98. The third-order valence-electron chi connectivity index (χ3n) is 5.29. The van der Waals surface area contributed by atoms with Gasteiger partial charge in [0.25, 0.3) is 0 Å². The number of ether oxygens (including phenoxy) is 1. The molecule has 1 atom stereocenters. The van der Waals surface area contributed by atoms with Gasteiger partial charge in [0.2, 0.25) is 0 Å². The lowest BCUT2D eigenvalue weighted by molar-refractivity contribution is -0.139. The van der Waals surface area contributed by atoms with E-state index in [-0.39, 0.29) is 18.9 Å². The highest BCUT2D eigenvalue weighted by molar-refractivity contribution is 6.30. The Morgan fingerprint density at radius 1 is 0.933 bits per heavy atom. The van der Waals surface area contributed by atoms with Crippen LogP contribution in [0.3, 0.4) is 0 Å². The lowest BCUT2D eigenvalue weighted by Crippen LogP contribution is -2.42. The van der Waals surface area contributed by atoms with E-state index in [0.717, 1.165) is 27.8 Å². The summed E-state index contributed by atoms with van der Waals surface area (Å²) in [5, 5.41) is 12.5. The van der Waals surface area contributed by atoms with E-state index in [1.165, 1.54) is 0 Å². The van der Waals surface area contributed by atoms with E-state index in [9.17, 15) is 14.7 Å². The fourth-order valence-electron chi connectivity index (χ4n) is 3.84. The van der Waals surface area contributed by atoms with Crippen molar-refractivity contribution in [1.29, 1.82) is 0 Å². The number of hydrogen-bond acceptors (Lipinski definition) is 3. The van der Waals surface area contributed by atoms with Crippen molar-refractivity contribution in [2.45, 2.75) is 18.4 Å². The van der Waals surface area contributed by atoms with Crippen LogP contribution < -0.4 is 5.32 Å². The van der Waals surface area contributed by atoms with E-state index in [1.54, 1.807) is 24.3 Å². The Morgan fingerprint density at radius 2 is 1.50 bits per heavy atom. The van der Waals surface area contributed by atoms with E-state index in [2.05, 4.69) is 17.4 Å². The number of hydrogen-bond donors (Lipinski definition) is 2. The van der Waals surface area contributed by atoms with Crippen LogP contribution in [0.4, 0.5) is 4.79 Å². The van der Waals surface area contributed by atoms with E-state index in [4.69, 9.17) is 16.3 Å². The zero-order chi connectivity index (χ0) is 21.1. The maximum atomic E-state index is 12.4. The molecular weight excluding hydrogens is 402 g/mol. The Morgan fingerprint density at radius 3 is 2.07 bits per heavy atom. The molecule has 152 valence electrons. The highest BCUT2D eigenvalue weighted by atomic mass is 35.5. The van der Waals surface area contributed by atoms with Crippen LogP contribution in [0, 0.1) is 0 Å². The first-order valence-corrected chi connectivity index (χ1v) is 9.99. The van der Waals surface area contributed by atoms with Gasteiger partial charge in [-0.15, -0.1) is 0 Å². The van der Waals surface area contributed by atoms with Gasteiger partial charge in [-0.3, -0.25) is 0 Å². The minimum Gasteiger partial charge on any atom is -0.480 e. The number of rotatable bonds is 6. The number of aliphatic carboxylic acids is 1. The highest BCUT2D eigenvalue weighted by Gasteiger charge is 2.29. The van der Waals surface area contributed by atoms with E-state index in [1.807, 2.05) is 36.4 Å². The number of carbonyl (C=O) groups is 2. The number of alkyl carbamates (subject to hydrolysis) is 1. The van der Waals surface area contributed by atoms with Crippen LogP contribution >= 0.6 is 11.6 Å². The molecule has 3 aromatic rings. The molecule has 3 aromatic carbocycles. The molecule has 0 unspecified atom stereocenters. The first kappa shape index (κ1) is 20.0. The van der Waals surface area contributed by atoms with Gasteiger partial charge in [-0.2, -0.15) is 0 Å². The summed E-state index contributed by atoms with van der Waals surface area (Å²) in [4.78, 5) is 24.0. The van der Waals surface area contributed by atoms with Crippen LogP contribution in [0.25, 0.3) is 11.1 Å². The summed E-state index contributed by atoms with van der Waals surface area (Å²) in [6.07, 6.45) is -0.616. The number of carboxylic acid groups (broad SMARTS) is 1. The maximum absolute atomic E-state index is 12.4. The number of fused-ring (bicyclic) bond motifs is 3. The van der Waals surface area contributed by atoms with Gasteiger partial charge in [-0.25, -0.2) is 9.59 Å². The topological polar surface area (TPSA) is 75.6 Å². The van der Waals surface area contributed by atoms with Gasteiger partial charge in [0.15, 0.2) is 0 Å². The molecule has 4 rings (SSSR count). The second-order valence-corrected chi connectivity index (χ2v) is 7.63. The molecular formula is C24H20ClNO4. The number of nitrogens with one attached hydrogen (secondary N) is 1. The molecule has 0 bridgehead atoms. The standard InChI is InChI=1S/C24H20ClNO4/c25-16-11-9-15(10-12-16)13-22(23(27)28)26-24(29)30-14-21-19-7-3-1-5-17(19)18-6-2-4-8-20(18)21/h1-12,21-22H,13-14H2,(H,26,29)(H,27,28)/t22-/m0/s1. The van der Waals surface area contributed by atoms with Crippen LogP contribution in [0.5, 0.6) is 0 Å². The summed E-state index contributed by atoms with van der Waals surface area (Å²) in [5.41, 5.74) is 5.22. The lowest BCUT2D eigenvalue weighted by Gasteiger charge is -2.17. The van der Waals surface area contributed by atoms with E-state index >= 15 is 0 Å². The molecule has 30 heavy (non-hydrogen) atoms. The molecule has 1 amide bonds. The Balaban J connectivity index is 1.43. The Hall–Kier alpha value is -3.31. The van der Waals surface area contributed by atoms with Crippen molar-refractivity contribution in [1.82, 2.24) is 5.32 Å². The first-order valence-electron chi connectivity index (χ1n) is 9.61. The smallest absolute Gasteiger partial charge is 0.407 e. The molecule has 1 aliphatic carbocycles. The fourth-order valence-corrected chi connectivity index (χ4v) is 3.96. The zero-order valence-corrected chi connectivity index (χ0v) is 16.8. The van der Waals surface area contributed by atoms with Crippen LogP contribution in [-0.2, 0) is 16.0 Å². The van der Waals surface area contributed by atoms with Gasteiger partial charge >= 0.3 is 12.1 Å². The van der Waals surface area contributed by atoms with Gasteiger partial charge in [-0.05, 0) is 39.9 Å². The number of benzene rings is 3. The number of carboxylic acids is 1. The minimum atomic E-state index is -1.13. The number of halogens is 1. The van der Waals surface area contributed by atoms with Crippen LogP contribution in [0.1, 0.15) is 22.6 Å². The number of amides is 1.